The first-order valence-electron chi connectivity index (χ1n) is 4.92. The summed E-state index contributed by atoms with van der Waals surface area (Å²) in [4.78, 5) is 13.5. The maximum Gasteiger partial charge on any atom is 0.227 e. The number of amides is 1. The van der Waals surface area contributed by atoms with Crippen molar-refractivity contribution in [3.05, 3.63) is 36.6 Å². The smallest absolute Gasteiger partial charge is 0.227 e. The summed E-state index contributed by atoms with van der Waals surface area (Å²) in [6, 6.07) is 0.186. The molecule has 0 N–H and O–H groups in total. The molecule has 0 bridgehead atoms. The van der Waals surface area contributed by atoms with E-state index in [4.69, 9.17) is 0 Å². The SMILES string of the molecule is C=CC1=C(C=C)N(C(C)C)C(=O)CC1. The molecule has 0 spiro atoms. The molecule has 0 saturated heterocycles. The van der Waals surface area contributed by atoms with Crippen LogP contribution in [-0.2, 0) is 4.79 Å². The highest BCUT2D eigenvalue weighted by Crippen LogP contribution is 2.26. The lowest BCUT2D eigenvalue weighted by atomic mass is 10.00. The van der Waals surface area contributed by atoms with Crippen LogP contribution in [0.5, 0.6) is 0 Å². The second kappa shape index (κ2) is 4.27. The highest BCUT2D eigenvalue weighted by Gasteiger charge is 2.25. The van der Waals surface area contributed by atoms with Crippen LogP contribution >= 0.6 is 0 Å². The lowest BCUT2D eigenvalue weighted by molar-refractivity contribution is -0.131. The van der Waals surface area contributed by atoms with Crippen LogP contribution in [0.2, 0.25) is 0 Å². The summed E-state index contributed by atoms with van der Waals surface area (Å²) >= 11 is 0. The second-order valence-corrected chi connectivity index (χ2v) is 3.68. The largest absolute Gasteiger partial charge is 0.310 e. The number of allylic oxidation sites excluding steroid dienone is 3. The number of carbonyl (C=O) groups excluding carboxylic acids is 1. The first-order chi connectivity index (χ1) is 6.61. The van der Waals surface area contributed by atoms with Gasteiger partial charge in [0.1, 0.15) is 0 Å². The Morgan fingerprint density at radius 2 is 1.93 bits per heavy atom. The van der Waals surface area contributed by atoms with Crippen molar-refractivity contribution in [2.75, 3.05) is 0 Å². The van der Waals surface area contributed by atoms with E-state index in [0.29, 0.717) is 6.42 Å². The topological polar surface area (TPSA) is 20.3 Å². The van der Waals surface area contributed by atoms with Crippen molar-refractivity contribution < 1.29 is 4.79 Å². The number of hydrogen-bond donors (Lipinski definition) is 0. The molecule has 0 radical (unpaired) electrons. The van der Waals surface area contributed by atoms with E-state index in [1.54, 1.807) is 11.0 Å². The molecule has 1 aliphatic heterocycles. The van der Waals surface area contributed by atoms with Gasteiger partial charge in [-0.15, -0.1) is 0 Å². The zero-order valence-corrected chi connectivity index (χ0v) is 8.92. The molecule has 0 aromatic rings. The van der Waals surface area contributed by atoms with Crippen LogP contribution in [0.15, 0.2) is 36.6 Å². The third-order valence-electron chi connectivity index (χ3n) is 2.42. The van der Waals surface area contributed by atoms with Gasteiger partial charge in [-0.3, -0.25) is 4.79 Å². The van der Waals surface area contributed by atoms with Crippen molar-refractivity contribution in [1.82, 2.24) is 4.90 Å². The van der Waals surface area contributed by atoms with Gasteiger partial charge in [-0.1, -0.05) is 19.2 Å². The fourth-order valence-electron chi connectivity index (χ4n) is 1.78. The molecular weight excluding hydrogens is 174 g/mol. The fraction of sp³-hybridized carbons (Fsp3) is 0.417. The zero-order chi connectivity index (χ0) is 10.7. The quantitative estimate of drug-likeness (QED) is 0.671. The monoisotopic (exact) mass is 191 g/mol. The molecule has 76 valence electrons. The van der Waals surface area contributed by atoms with E-state index in [0.717, 1.165) is 17.7 Å². The third-order valence-corrected chi connectivity index (χ3v) is 2.42. The van der Waals surface area contributed by atoms with Crippen LogP contribution in [0, 0.1) is 0 Å². The molecule has 1 aliphatic rings. The number of rotatable bonds is 3. The summed E-state index contributed by atoms with van der Waals surface area (Å²) in [7, 11) is 0. The van der Waals surface area contributed by atoms with Gasteiger partial charge in [0.2, 0.25) is 5.91 Å². The van der Waals surface area contributed by atoms with E-state index in [9.17, 15) is 4.79 Å². The molecule has 14 heavy (non-hydrogen) atoms. The molecule has 1 rings (SSSR count). The highest BCUT2D eigenvalue weighted by molar-refractivity contribution is 5.81. The minimum Gasteiger partial charge on any atom is -0.310 e. The molecular formula is C12H17NO. The highest BCUT2D eigenvalue weighted by atomic mass is 16.2. The zero-order valence-electron chi connectivity index (χ0n) is 8.92. The lowest BCUT2D eigenvalue weighted by Gasteiger charge is -2.33. The molecule has 0 aromatic heterocycles. The average molecular weight is 191 g/mol. The Balaban J connectivity index is 3.15. The van der Waals surface area contributed by atoms with Crippen molar-refractivity contribution in [3.63, 3.8) is 0 Å². The molecule has 0 saturated carbocycles. The summed E-state index contributed by atoms with van der Waals surface area (Å²) < 4.78 is 0. The predicted molar refractivity (Wildman–Crippen MR) is 58.6 cm³/mol. The van der Waals surface area contributed by atoms with Crippen molar-refractivity contribution in [2.24, 2.45) is 0 Å². The Hall–Kier alpha value is -1.31. The van der Waals surface area contributed by atoms with Gasteiger partial charge >= 0.3 is 0 Å². The van der Waals surface area contributed by atoms with Gasteiger partial charge in [0.05, 0.1) is 0 Å². The van der Waals surface area contributed by atoms with Crippen LogP contribution in [0.25, 0.3) is 0 Å². The molecule has 2 nitrogen and oxygen atoms in total. The fourth-order valence-corrected chi connectivity index (χ4v) is 1.78. The Morgan fingerprint density at radius 1 is 1.29 bits per heavy atom. The number of nitrogens with zero attached hydrogens (tertiary/aromatic N) is 1. The van der Waals surface area contributed by atoms with Gasteiger partial charge in [0.15, 0.2) is 0 Å². The normalized spacial score (nSPS) is 17.6. The number of hydrogen-bond acceptors (Lipinski definition) is 1. The lowest BCUT2D eigenvalue weighted by Crippen LogP contribution is -2.38. The van der Waals surface area contributed by atoms with Crippen molar-refractivity contribution in [3.8, 4) is 0 Å². The van der Waals surface area contributed by atoms with Crippen molar-refractivity contribution in [2.45, 2.75) is 32.7 Å². The molecule has 1 heterocycles. The van der Waals surface area contributed by atoms with Crippen LogP contribution in [0.4, 0.5) is 0 Å². The van der Waals surface area contributed by atoms with Gasteiger partial charge in [0.25, 0.3) is 0 Å². The van der Waals surface area contributed by atoms with E-state index in [1.807, 2.05) is 19.9 Å². The summed E-state index contributed by atoms with van der Waals surface area (Å²) in [6.07, 6.45) is 4.93. The first-order valence-corrected chi connectivity index (χ1v) is 4.92. The Kier molecular flexibility index (Phi) is 3.28. The molecule has 0 atom stereocenters. The Labute approximate surface area is 85.6 Å². The Morgan fingerprint density at radius 3 is 2.36 bits per heavy atom. The van der Waals surface area contributed by atoms with Gasteiger partial charge in [-0.05, 0) is 31.9 Å². The molecule has 1 amide bonds. The average Bonchev–Trinajstić information content (AvgIpc) is 2.16. The number of carbonyl (C=O) groups is 1. The Bertz CT molecular complexity index is 299. The summed E-state index contributed by atoms with van der Waals surface area (Å²) in [5.41, 5.74) is 2.04. The van der Waals surface area contributed by atoms with Crippen molar-refractivity contribution >= 4 is 5.91 Å². The van der Waals surface area contributed by atoms with Crippen LogP contribution in [-0.4, -0.2) is 16.8 Å². The molecule has 0 fully saturated rings. The third kappa shape index (κ3) is 1.79. The standard InChI is InChI=1S/C12H17NO/c1-5-10-7-8-12(14)13(9(3)4)11(10)6-2/h5-6,9H,1-2,7-8H2,3-4H3. The minimum atomic E-state index is 0.181. The minimum absolute atomic E-state index is 0.181. The van der Waals surface area contributed by atoms with Crippen LogP contribution in [0.1, 0.15) is 26.7 Å². The summed E-state index contributed by atoms with van der Waals surface area (Å²) in [5, 5.41) is 0. The van der Waals surface area contributed by atoms with Gasteiger partial charge in [-0.2, -0.15) is 0 Å². The van der Waals surface area contributed by atoms with E-state index in [1.165, 1.54) is 0 Å². The van der Waals surface area contributed by atoms with E-state index >= 15 is 0 Å². The van der Waals surface area contributed by atoms with Gasteiger partial charge in [-0.25, -0.2) is 0 Å². The maximum absolute atomic E-state index is 11.7. The summed E-state index contributed by atoms with van der Waals surface area (Å²) in [6.45, 7) is 11.5. The molecule has 2 heteroatoms. The van der Waals surface area contributed by atoms with Gasteiger partial charge < -0.3 is 4.90 Å². The van der Waals surface area contributed by atoms with E-state index < -0.39 is 0 Å². The summed E-state index contributed by atoms with van der Waals surface area (Å²) in [5.74, 6) is 0.181. The molecule has 0 unspecified atom stereocenters. The van der Waals surface area contributed by atoms with Gasteiger partial charge in [0, 0.05) is 18.2 Å². The van der Waals surface area contributed by atoms with E-state index in [-0.39, 0.29) is 11.9 Å². The maximum atomic E-state index is 11.7. The molecule has 0 aromatic carbocycles. The van der Waals surface area contributed by atoms with Crippen molar-refractivity contribution in [1.29, 1.82) is 0 Å². The second-order valence-electron chi connectivity index (χ2n) is 3.68. The van der Waals surface area contributed by atoms with Crippen LogP contribution < -0.4 is 0 Å². The van der Waals surface area contributed by atoms with E-state index in [2.05, 4.69) is 13.2 Å². The predicted octanol–water partition coefficient (Wildman–Crippen LogP) is 2.64. The molecule has 0 aliphatic carbocycles. The first kappa shape index (κ1) is 10.8. The van der Waals surface area contributed by atoms with Crippen LogP contribution in [0.3, 0.4) is 0 Å².